The van der Waals surface area contributed by atoms with Crippen LogP contribution in [0.2, 0.25) is 0 Å². The third-order valence-electron chi connectivity index (χ3n) is 4.79. The number of amides is 1. The summed E-state index contributed by atoms with van der Waals surface area (Å²) in [5.41, 5.74) is -1.30. The number of carbonyl (C=O) groups is 1. The molecule has 8 heteroatoms. The van der Waals surface area contributed by atoms with Crippen molar-refractivity contribution < 1.29 is 18.0 Å². The first-order valence-electron chi connectivity index (χ1n) is 7.51. The Morgan fingerprint density at radius 2 is 1.96 bits per heavy atom. The van der Waals surface area contributed by atoms with Crippen LogP contribution in [0.5, 0.6) is 0 Å². The van der Waals surface area contributed by atoms with E-state index < -0.39 is 17.6 Å². The molecule has 3 rings (SSSR count). The van der Waals surface area contributed by atoms with Gasteiger partial charge >= 0.3 is 6.18 Å². The van der Waals surface area contributed by atoms with Gasteiger partial charge < -0.3 is 4.90 Å². The van der Waals surface area contributed by atoms with E-state index in [0.717, 1.165) is 11.8 Å². The molecule has 1 aliphatic heterocycles. The maximum absolute atomic E-state index is 14.0. The van der Waals surface area contributed by atoms with Gasteiger partial charge in [0.1, 0.15) is 0 Å². The molecule has 1 aliphatic rings. The SMILES string of the molecule is Cc1c(C(=O)N2CCc3ccccc3C2(C)C(F)(F)F)nnn1C. The van der Waals surface area contributed by atoms with Crippen LogP contribution in [-0.2, 0) is 19.0 Å². The van der Waals surface area contributed by atoms with Crippen molar-refractivity contribution in [3.8, 4) is 0 Å². The summed E-state index contributed by atoms with van der Waals surface area (Å²) < 4.78 is 43.4. The van der Waals surface area contributed by atoms with E-state index in [-0.39, 0.29) is 17.8 Å². The normalized spacial score (nSPS) is 20.8. The molecule has 0 bridgehead atoms. The van der Waals surface area contributed by atoms with Crippen LogP contribution in [0.25, 0.3) is 0 Å². The number of benzene rings is 1. The molecule has 128 valence electrons. The molecule has 0 saturated heterocycles. The van der Waals surface area contributed by atoms with Gasteiger partial charge in [-0.05, 0) is 31.4 Å². The highest BCUT2D eigenvalue weighted by molar-refractivity contribution is 5.94. The summed E-state index contributed by atoms with van der Waals surface area (Å²) in [4.78, 5) is 13.7. The predicted molar refractivity (Wildman–Crippen MR) is 80.3 cm³/mol. The van der Waals surface area contributed by atoms with Crippen LogP contribution in [-0.4, -0.2) is 38.5 Å². The van der Waals surface area contributed by atoms with Gasteiger partial charge in [0.25, 0.3) is 5.91 Å². The van der Waals surface area contributed by atoms with Crippen LogP contribution < -0.4 is 0 Å². The van der Waals surface area contributed by atoms with Crippen molar-refractivity contribution in [1.29, 1.82) is 0 Å². The van der Waals surface area contributed by atoms with Gasteiger partial charge in [0.05, 0.1) is 5.69 Å². The Hall–Kier alpha value is -2.38. The first-order chi connectivity index (χ1) is 11.2. The number of nitrogens with zero attached hydrogens (tertiary/aromatic N) is 4. The molecule has 0 aliphatic carbocycles. The van der Waals surface area contributed by atoms with E-state index in [2.05, 4.69) is 10.3 Å². The summed E-state index contributed by atoms with van der Waals surface area (Å²) in [6, 6.07) is 6.38. The van der Waals surface area contributed by atoms with E-state index in [1.165, 1.54) is 10.7 Å². The summed E-state index contributed by atoms with van der Waals surface area (Å²) in [5.74, 6) is -0.755. The number of hydrogen-bond acceptors (Lipinski definition) is 3. The Balaban J connectivity index is 2.14. The summed E-state index contributed by atoms with van der Waals surface area (Å²) in [6.45, 7) is 2.63. The molecule has 0 N–H and O–H groups in total. The Morgan fingerprint density at radius 1 is 1.29 bits per heavy atom. The van der Waals surface area contributed by atoms with Gasteiger partial charge in [0, 0.05) is 13.6 Å². The van der Waals surface area contributed by atoms with Crippen LogP contribution in [0.4, 0.5) is 13.2 Å². The molecule has 0 saturated carbocycles. The molecule has 0 fully saturated rings. The van der Waals surface area contributed by atoms with E-state index >= 15 is 0 Å². The quantitative estimate of drug-likeness (QED) is 0.803. The summed E-state index contributed by atoms with van der Waals surface area (Å²) in [5, 5.41) is 7.47. The minimum atomic E-state index is -4.62. The number of aromatic nitrogens is 3. The zero-order chi connectivity index (χ0) is 17.7. The monoisotopic (exact) mass is 338 g/mol. The second kappa shape index (κ2) is 5.32. The Bertz CT molecular complexity index is 799. The van der Waals surface area contributed by atoms with E-state index in [9.17, 15) is 18.0 Å². The summed E-state index contributed by atoms with van der Waals surface area (Å²) in [6.07, 6.45) is -4.25. The number of hydrogen-bond donors (Lipinski definition) is 0. The molecule has 1 amide bonds. The fourth-order valence-corrected chi connectivity index (χ4v) is 3.15. The van der Waals surface area contributed by atoms with Gasteiger partial charge in [0.2, 0.25) is 0 Å². The lowest BCUT2D eigenvalue weighted by Gasteiger charge is -2.46. The molecular weight excluding hydrogens is 321 g/mol. The van der Waals surface area contributed by atoms with Gasteiger partial charge in [-0.25, -0.2) is 0 Å². The van der Waals surface area contributed by atoms with Crippen LogP contribution in [0.15, 0.2) is 24.3 Å². The van der Waals surface area contributed by atoms with Gasteiger partial charge in [0.15, 0.2) is 11.2 Å². The van der Waals surface area contributed by atoms with Crippen molar-refractivity contribution in [3.63, 3.8) is 0 Å². The predicted octanol–water partition coefficient (Wildman–Crippen LogP) is 2.60. The lowest BCUT2D eigenvalue weighted by molar-refractivity contribution is -0.225. The van der Waals surface area contributed by atoms with Crippen molar-refractivity contribution in [1.82, 2.24) is 19.9 Å². The summed E-state index contributed by atoms with van der Waals surface area (Å²) in [7, 11) is 1.59. The van der Waals surface area contributed by atoms with Gasteiger partial charge in [-0.1, -0.05) is 29.5 Å². The molecule has 1 unspecified atom stereocenters. The lowest BCUT2D eigenvalue weighted by Crippen LogP contribution is -2.59. The zero-order valence-corrected chi connectivity index (χ0v) is 13.6. The Morgan fingerprint density at radius 3 is 2.54 bits per heavy atom. The maximum atomic E-state index is 14.0. The second-order valence-corrected chi connectivity index (χ2v) is 6.08. The third-order valence-corrected chi connectivity index (χ3v) is 4.79. The number of aryl methyl sites for hydroxylation is 1. The second-order valence-electron chi connectivity index (χ2n) is 6.08. The smallest absolute Gasteiger partial charge is 0.319 e. The van der Waals surface area contributed by atoms with Crippen molar-refractivity contribution >= 4 is 5.91 Å². The highest BCUT2D eigenvalue weighted by atomic mass is 19.4. The molecule has 1 aromatic carbocycles. The Labute approximate surface area is 137 Å². The van der Waals surface area contributed by atoms with Crippen molar-refractivity contribution in [2.24, 2.45) is 7.05 Å². The average molecular weight is 338 g/mol. The van der Waals surface area contributed by atoms with Crippen molar-refractivity contribution in [2.75, 3.05) is 6.54 Å². The van der Waals surface area contributed by atoms with Gasteiger partial charge in [-0.2, -0.15) is 13.2 Å². The average Bonchev–Trinajstić information content (AvgIpc) is 2.86. The molecule has 0 radical (unpaired) electrons. The molecule has 2 aromatic rings. The summed E-state index contributed by atoms with van der Waals surface area (Å²) >= 11 is 0. The topological polar surface area (TPSA) is 51.0 Å². The number of alkyl halides is 3. The fraction of sp³-hybridized carbons (Fsp3) is 0.438. The molecule has 5 nitrogen and oxygen atoms in total. The first kappa shape index (κ1) is 16.5. The number of halogens is 3. The van der Waals surface area contributed by atoms with Crippen LogP contribution in [0, 0.1) is 6.92 Å². The van der Waals surface area contributed by atoms with E-state index in [1.54, 1.807) is 32.2 Å². The molecule has 2 heterocycles. The molecule has 24 heavy (non-hydrogen) atoms. The Kier molecular flexibility index (Phi) is 3.65. The van der Waals surface area contributed by atoms with Crippen LogP contribution in [0.1, 0.15) is 34.2 Å². The van der Waals surface area contributed by atoms with E-state index in [1.807, 2.05) is 0 Å². The minimum absolute atomic E-state index is 0.0259. The highest BCUT2D eigenvalue weighted by Crippen LogP contribution is 2.47. The van der Waals surface area contributed by atoms with Crippen molar-refractivity contribution in [3.05, 3.63) is 46.8 Å². The van der Waals surface area contributed by atoms with Crippen molar-refractivity contribution in [2.45, 2.75) is 32.0 Å². The number of carbonyl (C=O) groups excluding carboxylic acids is 1. The van der Waals surface area contributed by atoms with E-state index in [0.29, 0.717) is 17.7 Å². The standard InChI is InChI=1S/C16H17F3N4O/c1-10-13(20-21-22(10)3)14(24)23-9-8-11-6-4-5-7-12(11)15(23,2)16(17,18)19/h4-7H,8-9H2,1-3H3. The number of fused-ring (bicyclic) bond motifs is 1. The van der Waals surface area contributed by atoms with Crippen LogP contribution in [0.3, 0.4) is 0 Å². The molecule has 1 atom stereocenters. The van der Waals surface area contributed by atoms with E-state index in [4.69, 9.17) is 0 Å². The van der Waals surface area contributed by atoms with Crippen LogP contribution >= 0.6 is 0 Å². The minimum Gasteiger partial charge on any atom is -0.319 e. The van der Waals surface area contributed by atoms with Gasteiger partial charge in [-0.3, -0.25) is 9.48 Å². The zero-order valence-electron chi connectivity index (χ0n) is 13.6. The van der Waals surface area contributed by atoms with Gasteiger partial charge in [-0.15, -0.1) is 5.10 Å². The fourth-order valence-electron chi connectivity index (χ4n) is 3.15. The first-order valence-corrected chi connectivity index (χ1v) is 7.51. The molecule has 1 aromatic heterocycles. The lowest BCUT2D eigenvalue weighted by atomic mass is 9.81. The highest BCUT2D eigenvalue weighted by Gasteiger charge is 2.60. The third kappa shape index (κ3) is 2.20. The molecular formula is C16H17F3N4O. The largest absolute Gasteiger partial charge is 0.415 e. The maximum Gasteiger partial charge on any atom is 0.415 e. The molecule has 0 spiro atoms. The number of rotatable bonds is 1.